The molecule has 0 bridgehead atoms. The van der Waals surface area contributed by atoms with E-state index in [-0.39, 0.29) is 24.0 Å². The number of hydrogen-bond donors (Lipinski definition) is 1. The van der Waals surface area contributed by atoms with Crippen LogP contribution in [-0.2, 0) is 13.0 Å². The minimum Gasteiger partial charge on any atom is -0.337 e. The summed E-state index contributed by atoms with van der Waals surface area (Å²) in [6.45, 7) is 8.76. The lowest BCUT2D eigenvalue weighted by Crippen LogP contribution is -2.40. The molecule has 2 rings (SSSR count). The molecule has 2 aromatic rings. The summed E-state index contributed by atoms with van der Waals surface area (Å²) in [5.41, 5.74) is 1.19. The van der Waals surface area contributed by atoms with E-state index in [9.17, 15) is 4.79 Å². The molecule has 0 aliphatic carbocycles. The fourth-order valence-electron chi connectivity index (χ4n) is 2.58. The summed E-state index contributed by atoms with van der Waals surface area (Å²) in [5, 5.41) is 6.99. The zero-order valence-corrected chi connectivity index (χ0v) is 15.7. The lowest BCUT2D eigenvalue weighted by atomic mass is 9.85. The maximum absolute atomic E-state index is 12.6. The molecule has 25 heavy (non-hydrogen) atoms. The summed E-state index contributed by atoms with van der Waals surface area (Å²) in [4.78, 5) is 18.4. The second kappa shape index (κ2) is 8.14. The van der Waals surface area contributed by atoms with Gasteiger partial charge >= 0.3 is 6.03 Å². The van der Waals surface area contributed by atoms with Crippen LogP contribution >= 0.6 is 0 Å². The number of carbonyl (C=O) groups excluding carboxylic acids is 1. The van der Waals surface area contributed by atoms with Gasteiger partial charge in [0.2, 0.25) is 5.89 Å². The van der Waals surface area contributed by atoms with Crippen molar-refractivity contribution >= 4 is 6.03 Å². The highest BCUT2D eigenvalue weighted by molar-refractivity contribution is 5.74. The summed E-state index contributed by atoms with van der Waals surface area (Å²) in [5.74, 6) is 1.10. The Morgan fingerprint density at radius 3 is 2.52 bits per heavy atom. The van der Waals surface area contributed by atoms with Gasteiger partial charge in [0.25, 0.3) is 0 Å². The number of amides is 2. The third-order valence-corrected chi connectivity index (χ3v) is 3.86. The average Bonchev–Trinajstić information content (AvgIpc) is 3.01. The van der Waals surface area contributed by atoms with Gasteiger partial charge in [-0.25, -0.2) is 4.79 Å². The van der Waals surface area contributed by atoms with Gasteiger partial charge in [0.15, 0.2) is 5.82 Å². The van der Waals surface area contributed by atoms with Gasteiger partial charge in [0.05, 0.1) is 6.04 Å². The molecule has 1 N–H and O–H groups in total. The first-order valence-electron chi connectivity index (χ1n) is 8.66. The van der Waals surface area contributed by atoms with E-state index in [1.165, 1.54) is 0 Å². The molecule has 6 heteroatoms. The molecule has 136 valence electrons. The smallest absolute Gasteiger partial charge is 0.318 e. The maximum atomic E-state index is 12.6. The highest BCUT2D eigenvalue weighted by Gasteiger charge is 2.23. The molecule has 1 heterocycles. The van der Waals surface area contributed by atoms with Crippen molar-refractivity contribution in [3.8, 4) is 0 Å². The number of aryl methyl sites for hydroxylation is 1. The molecular formula is C19H28N4O2. The molecule has 2 amide bonds. The SMILES string of the molecule is CCc1noc(CN(C)C(=O)N[C@H](CC(C)(C)C)c2ccccc2)n1. The fourth-order valence-corrected chi connectivity index (χ4v) is 2.58. The fraction of sp³-hybridized carbons (Fsp3) is 0.526. The Morgan fingerprint density at radius 1 is 1.28 bits per heavy atom. The molecule has 1 aromatic carbocycles. The monoisotopic (exact) mass is 344 g/mol. The molecule has 0 saturated carbocycles. The quantitative estimate of drug-likeness (QED) is 0.861. The van der Waals surface area contributed by atoms with Crippen LogP contribution in [0.2, 0.25) is 0 Å². The standard InChI is InChI=1S/C19H28N4O2/c1-6-16-21-17(25-22-16)13-23(5)18(24)20-15(12-19(2,3)4)14-10-8-7-9-11-14/h7-11,15H,6,12-13H2,1-5H3,(H,20,24)/t15-/m1/s1. The van der Waals surface area contributed by atoms with E-state index >= 15 is 0 Å². The Bertz CT molecular complexity index is 676. The van der Waals surface area contributed by atoms with Gasteiger partial charge in [-0.1, -0.05) is 63.2 Å². The lowest BCUT2D eigenvalue weighted by Gasteiger charge is -2.29. The van der Waals surface area contributed by atoms with Crippen LogP contribution in [0.25, 0.3) is 0 Å². The van der Waals surface area contributed by atoms with Crippen molar-refractivity contribution in [2.45, 2.75) is 53.1 Å². The van der Waals surface area contributed by atoms with Crippen LogP contribution < -0.4 is 5.32 Å². The molecule has 0 spiro atoms. The van der Waals surface area contributed by atoms with E-state index in [0.29, 0.717) is 18.1 Å². The van der Waals surface area contributed by atoms with Crippen molar-refractivity contribution < 1.29 is 9.32 Å². The summed E-state index contributed by atoms with van der Waals surface area (Å²) in [6.07, 6.45) is 1.55. The van der Waals surface area contributed by atoms with Crippen LogP contribution in [-0.4, -0.2) is 28.1 Å². The third-order valence-electron chi connectivity index (χ3n) is 3.86. The second-order valence-corrected chi connectivity index (χ2v) is 7.49. The van der Waals surface area contributed by atoms with E-state index < -0.39 is 0 Å². The number of nitrogens with one attached hydrogen (secondary N) is 1. The average molecular weight is 344 g/mol. The van der Waals surface area contributed by atoms with Gasteiger partial charge in [0, 0.05) is 13.5 Å². The molecule has 0 aliphatic heterocycles. The molecule has 0 radical (unpaired) electrons. The van der Waals surface area contributed by atoms with Crippen molar-refractivity contribution in [1.29, 1.82) is 0 Å². The first-order chi connectivity index (χ1) is 11.8. The molecule has 0 fully saturated rings. The molecule has 1 atom stereocenters. The predicted molar refractivity (Wildman–Crippen MR) is 96.9 cm³/mol. The number of nitrogens with zero attached hydrogens (tertiary/aromatic N) is 3. The zero-order valence-electron chi connectivity index (χ0n) is 15.7. The number of carbonyl (C=O) groups is 1. The molecule has 0 saturated heterocycles. The van der Waals surface area contributed by atoms with Crippen LogP contribution in [0.3, 0.4) is 0 Å². The molecule has 6 nitrogen and oxygen atoms in total. The molecule has 1 aromatic heterocycles. The Balaban J connectivity index is 2.05. The molecule has 0 aliphatic rings. The van der Waals surface area contributed by atoms with Crippen LogP contribution in [0.15, 0.2) is 34.9 Å². The Labute approximate surface area is 149 Å². The summed E-state index contributed by atoms with van der Waals surface area (Å²) in [7, 11) is 1.73. The van der Waals surface area contributed by atoms with Crippen LogP contribution in [0.4, 0.5) is 4.79 Å². The first-order valence-corrected chi connectivity index (χ1v) is 8.66. The molecular weight excluding hydrogens is 316 g/mol. The zero-order chi connectivity index (χ0) is 18.4. The van der Waals surface area contributed by atoms with Crippen LogP contribution in [0.1, 0.15) is 57.4 Å². The minimum atomic E-state index is -0.158. The number of rotatable bonds is 6. The van der Waals surface area contributed by atoms with E-state index in [4.69, 9.17) is 4.52 Å². The summed E-state index contributed by atoms with van der Waals surface area (Å²) >= 11 is 0. The Kier molecular flexibility index (Phi) is 6.17. The largest absolute Gasteiger partial charge is 0.337 e. The number of benzene rings is 1. The van der Waals surface area contributed by atoms with Gasteiger partial charge in [-0.15, -0.1) is 0 Å². The van der Waals surface area contributed by atoms with Crippen molar-refractivity contribution in [1.82, 2.24) is 20.4 Å². The van der Waals surface area contributed by atoms with Gasteiger partial charge in [-0.05, 0) is 17.4 Å². The van der Waals surface area contributed by atoms with Gasteiger partial charge < -0.3 is 14.7 Å². The topological polar surface area (TPSA) is 71.3 Å². The number of hydrogen-bond acceptors (Lipinski definition) is 4. The van der Waals surface area contributed by atoms with E-state index in [0.717, 1.165) is 12.0 Å². The second-order valence-electron chi connectivity index (χ2n) is 7.49. The Morgan fingerprint density at radius 2 is 1.96 bits per heavy atom. The summed E-state index contributed by atoms with van der Waals surface area (Å²) < 4.78 is 5.16. The van der Waals surface area contributed by atoms with Crippen molar-refractivity contribution in [3.05, 3.63) is 47.6 Å². The minimum absolute atomic E-state index is 0.0509. The van der Waals surface area contributed by atoms with E-state index in [1.54, 1.807) is 11.9 Å². The van der Waals surface area contributed by atoms with Crippen molar-refractivity contribution in [2.24, 2.45) is 5.41 Å². The third kappa shape index (κ3) is 5.89. The Hall–Kier alpha value is -2.37. The van der Waals surface area contributed by atoms with Crippen molar-refractivity contribution in [2.75, 3.05) is 7.05 Å². The number of aromatic nitrogens is 2. The first kappa shape index (κ1) is 19.0. The highest BCUT2D eigenvalue weighted by atomic mass is 16.5. The predicted octanol–water partition coefficient (Wildman–Crippen LogP) is 3.95. The van der Waals surface area contributed by atoms with E-state index in [2.05, 4.69) is 36.2 Å². The molecule has 0 unspecified atom stereocenters. The summed E-state index contributed by atoms with van der Waals surface area (Å²) in [6, 6.07) is 9.84. The maximum Gasteiger partial charge on any atom is 0.318 e. The highest BCUT2D eigenvalue weighted by Crippen LogP contribution is 2.29. The van der Waals surface area contributed by atoms with Crippen molar-refractivity contribution in [3.63, 3.8) is 0 Å². The lowest BCUT2D eigenvalue weighted by molar-refractivity contribution is 0.190. The normalized spacial score (nSPS) is 12.7. The van der Waals surface area contributed by atoms with Gasteiger partial charge in [-0.3, -0.25) is 0 Å². The van der Waals surface area contributed by atoms with E-state index in [1.807, 2.05) is 37.3 Å². The van der Waals surface area contributed by atoms with Crippen LogP contribution in [0.5, 0.6) is 0 Å². The van der Waals surface area contributed by atoms with Crippen LogP contribution in [0, 0.1) is 5.41 Å². The van der Waals surface area contributed by atoms with Gasteiger partial charge in [-0.2, -0.15) is 4.98 Å². The van der Waals surface area contributed by atoms with Gasteiger partial charge in [0.1, 0.15) is 6.54 Å². The number of urea groups is 1.